The number of Topliss-reactive ketones (excluding diaryl/α,β-unsaturated/α-hetero) is 1. The maximum absolute atomic E-state index is 12.4. The average molecular weight is 337 g/mol. The van der Waals surface area contributed by atoms with E-state index >= 15 is 0 Å². The molecular formula is C17H24NO4P. The van der Waals surface area contributed by atoms with Gasteiger partial charge in [-0.1, -0.05) is 42.5 Å². The first-order chi connectivity index (χ1) is 10.8. The molecule has 1 aromatic rings. The molecular weight excluding hydrogens is 313 g/mol. The highest BCUT2D eigenvalue weighted by molar-refractivity contribution is 7.67. The molecule has 0 bridgehead atoms. The van der Waals surface area contributed by atoms with Crippen LogP contribution in [-0.4, -0.2) is 37.5 Å². The highest BCUT2D eigenvalue weighted by Gasteiger charge is 2.48. The topological polar surface area (TPSA) is 64.6 Å². The Hall–Kier alpha value is -1.68. The Kier molecular flexibility index (Phi) is 6.95. The number of hydrogen-bond acceptors (Lipinski definition) is 4. The zero-order chi connectivity index (χ0) is 17.5. The molecule has 23 heavy (non-hydrogen) atoms. The van der Waals surface area contributed by atoms with Crippen LogP contribution < -0.4 is 5.32 Å². The van der Waals surface area contributed by atoms with Crippen molar-refractivity contribution in [3.63, 3.8) is 0 Å². The third-order valence-electron chi connectivity index (χ3n) is 3.66. The highest BCUT2D eigenvalue weighted by atomic mass is 31.2. The van der Waals surface area contributed by atoms with E-state index in [1.165, 1.54) is 28.1 Å². The third-order valence-corrected chi connectivity index (χ3v) is 6.61. The summed E-state index contributed by atoms with van der Waals surface area (Å²) in [5.41, 5.74) is 0.996. The Morgan fingerprint density at radius 3 is 2.22 bits per heavy atom. The number of amides is 1. The van der Waals surface area contributed by atoms with Crippen LogP contribution in [0, 0.1) is 0 Å². The van der Waals surface area contributed by atoms with Gasteiger partial charge in [-0.15, -0.1) is 0 Å². The van der Waals surface area contributed by atoms with Gasteiger partial charge in [0.05, 0.1) is 0 Å². The minimum atomic E-state index is -2.89. The van der Waals surface area contributed by atoms with Crippen LogP contribution >= 0.6 is 7.34 Å². The van der Waals surface area contributed by atoms with Gasteiger partial charge >= 0.3 is 0 Å². The van der Waals surface area contributed by atoms with Crippen molar-refractivity contribution in [1.29, 1.82) is 0 Å². The van der Waals surface area contributed by atoms with Crippen LogP contribution in [0.25, 0.3) is 6.08 Å². The van der Waals surface area contributed by atoms with E-state index in [1.54, 1.807) is 0 Å². The Labute approximate surface area is 137 Å². The largest absolute Gasteiger partial charge is 0.339 e. The number of rotatable bonds is 8. The van der Waals surface area contributed by atoms with Gasteiger partial charge in [-0.25, -0.2) is 0 Å². The van der Waals surface area contributed by atoms with Gasteiger partial charge in [0.2, 0.25) is 5.91 Å². The number of carbonyl (C=O) groups excluding carboxylic acids is 2. The van der Waals surface area contributed by atoms with Crippen molar-refractivity contribution in [2.45, 2.75) is 25.5 Å². The van der Waals surface area contributed by atoms with Crippen LogP contribution in [0.15, 0.2) is 36.4 Å². The van der Waals surface area contributed by atoms with Crippen molar-refractivity contribution >= 4 is 31.4 Å². The SMILES string of the molecule is C=P(OC)(OC)[C@](C/C=C/c1ccccc1)(NC(C)=O)C(C)=O. The number of ketones is 1. The fourth-order valence-corrected chi connectivity index (χ4v) is 4.32. The van der Waals surface area contributed by atoms with E-state index in [-0.39, 0.29) is 18.1 Å². The van der Waals surface area contributed by atoms with E-state index < -0.39 is 12.6 Å². The Balaban J connectivity index is 3.22. The van der Waals surface area contributed by atoms with Crippen LogP contribution in [-0.2, 0) is 18.6 Å². The average Bonchev–Trinajstić information content (AvgIpc) is 2.53. The third kappa shape index (κ3) is 4.41. The van der Waals surface area contributed by atoms with E-state index in [0.717, 1.165) is 5.56 Å². The van der Waals surface area contributed by atoms with Gasteiger partial charge in [0.15, 0.2) is 11.1 Å². The maximum Gasteiger partial charge on any atom is 0.218 e. The molecule has 126 valence electrons. The summed E-state index contributed by atoms with van der Waals surface area (Å²) in [7, 11) is -0.0159. The monoisotopic (exact) mass is 337 g/mol. The lowest BCUT2D eigenvalue weighted by Crippen LogP contribution is -2.53. The second-order valence-electron chi connectivity index (χ2n) is 5.15. The van der Waals surface area contributed by atoms with E-state index in [1.807, 2.05) is 42.5 Å². The predicted molar refractivity (Wildman–Crippen MR) is 95.4 cm³/mol. The summed E-state index contributed by atoms with van der Waals surface area (Å²) >= 11 is 0. The standard InChI is InChI=1S/C17H24NO4P/c1-14(19)17(18-15(2)20,23(5,21-3)22-4)13-9-12-16-10-7-6-8-11-16/h6-12H,5,13H2,1-4H3,(H,18,20)/b12-9+/t17-/m0/s1. The molecule has 0 aliphatic carbocycles. The van der Waals surface area contributed by atoms with Gasteiger partial charge in [0, 0.05) is 27.6 Å². The molecule has 0 spiro atoms. The molecule has 1 atom stereocenters. The first kappa shape index (κ1) is 19.4. The molecule has 0 aliphatic rings. The second kappa shape index (κ2) is 8.25. The molecule has 1 aromatic carbocycles. The Morgan fingerprint density at radius 1 is 1.22 bits per heavy atom. The number of benzene rings is 1. The summed E-state index contributed by atoms with van der Waals surface area (Å²) in [6.45, 7) is 2.76. The molecule has 0 saturated carbocycles. The Bertz CT molecular complexity index is 619. The van der Waals surface area contributed by atoms with Gasteiger partial charge in [-0.05, 0) is 18.8 Å². The molecule has 0 fully saturated rings. The zero-order valence-corrected chi connectivity index (χ0v) is 14.9. The van der Waals surface area contributed by atoms with E-state index in [4.69, 9.17) is 9.05 Å². The predicted octanol–water partition coefficient (Wildman–Crippen LogP) is 3.08. The van der Waals surface area contributed by atoms with Crippen LogP contribution in [0.5, 0.6) is 0 Å². The van der Waals surface area contributed by atoms with Gasteiger partial charge < -0.3 is 14.4 Å². The minimum Gasteiger partial charge on any atom is -0.339 e. The van der Waals surface area contributed by atoms with E-state index in [0.29, 0.717) is 0 Å². The molecule has 5 nitrogen and oxygen atoms in total. The summed E-state index contributed by atoms with van der Waals surface area (Å²) in [6.07, 6.45) is 7.92. The summed E-state index contributed by atoms with van der Waals surface area (Å²) in [5, 5.41) is 1.41. The van der Waals surface area contributed by atoms with Crippen LogP contribution in [0.1, 0.15) is 25.8 Å². The number of carbonyl (C=O) groups is 2. The molecule has 0 radical (unpaired) electrons. The van der Waals surface area contributed by atoms with Gasteiger partial charge in [-0.2, -0.15) is 0 Å². The lowest BCUT2D eigenvalue weighted by Gasteiger charge is -2.40. The molecule has 0 aromatic heterocycles. The first-order valence-corrected chi connectivity index (χ1v) is 8.98. The van der Waals surface area contributed by atoms with Crippen molar-refractivity contribution in [1.82, 2.24) is 5.32 Å². The summed E-state index contributed by atoms with van der Waals surface area (Å²) < 4.78 is 10.9. The van der Waals surface area contributed by atoms with Crippen molar-refractivity contribution in [2.75, 3.05) is 14.2 Å². The molecule has 1 N–H and O–H groups in total. The molecule has 0 unspecified atom stereocenters. The molecule has 6 heteroatoms. The minimum absolute atomic E-state index is 0.232. The lowest BCUT2D eigenvalue weighted by molar-refractivity contribution is -0.127. The highest BCUT2D eigenvalue weighted by Crippen LogP contribution is 2.59. The van der Waals surface area contributed by atoms with E-state index in [9.17, 15) is 9.59 Å². The second-order valence-corrected chi connectivity index (χ2v) is 7.99. The Morgan fingerprint density at radius 2 is 1.78 bits per heavy atom. The van der Waals surface area contributed by atoms with Crippen LogP contribution in [0.4, 0.5) is 0 Å². The smallest absolute Gasteiger partial charge is 0.218 e. The van der Waals surface area contributed by atoms with Gasteiger partial charge in [0.25, 0.3) is 0 Å². The van der Waals surface area contributed by atoms with Crippen molar-refractivity contribution in [2.24, 2.45) is 0 Å². The summed E-state index contributed by atoms with van der Waals surface area (Å²) in [4.78, 5) is 24.1. The van der Waals surface area contributed by atoms with Crippen LogP contribution in [0.2, 0.25) is 0 Å². The molecule has 0 aliphatic heterocycles. The number of nitrogens with one attached hydrogen (secondary N) is 1. The van der Waals surface area contributed by atoms with Crippen molar-refractivity contribution in [3.05, 3.63) is 42.0 Å². The van der Waals surface area contributed by atoms with Crippen molar-refractivity contribution in [3.8, 4) is 0 Å². The normalized spacial score (nSPS) is 14.4. The van der Waals surface area contributed by atoms with Crippen molar-refractivity contribution < 1.29 is 18.6 Å². The maximum atomic E-state index is 12.4. The fourth-order valence-electron chi connectivity index (χ4n) is 2.35. The van der Waals surface area contributed by atoms with Gasteiger partial charge in [-0.3, -0.25) is 9.59 Å². The van der Waals surface area contributed by atoms with Crippen LogP contribution in [0.3, 0.4) is 0 Å². The zero-order valence-electron chi connectivity index (χ0n) is 14.0. The summed E-state index contributed by atoms with van der Waals surface area (Å²) in [5.74, 6) is -0.590. The van der Waals surface area contributed by atoms with E-state index in [2.05, 4.69) is 11.6 Å². The molecule has 0 heterocycles. The molecule has 0 saturated heterocycles. The number of hydrogen-bond donors (Lipinski definition) is 1. The lowest BCUT2D eigenvalue weighted by atomic mass is 10.1. The fraction of sp³-hybridized carbons (Fsp3) is 0.353. The molecule has 1 rings (SSSR count). The first-order valence-electron chi connectivity index (χ1n) is 7.17. The van der Waals surface area contributed by atoms with Gasteiger partial charge in [0.1, 0.15) is 7.34 Å². The quantitative estimate of drug-likeness (QED) is 0.741. The summed E-state index contributed by atoms with van der Waals surface area (Å²) in [6, 6.07) is 9.67. The molecule has 1 amide bonds.